The number of nitrogens with one attached hydrogen (secondary N) is 1. The topological polar surface area (TPSA) is 119 Å². The summed E-state index contributed by atoms with van der Waals surface area (Å²) < 4.78 is 20.8. The van der Waals surface area contributed by atoms with Gasteiger partial charge in [0.2, 0.25) is 0 Å². The van der Waals surface area contributed by atoms with Crippen LogP contribution in [0.5, 0.6) is 0 Å². The third-order valence-corrected chi connectivity index (χ3v) is 2.43. The fraction of sp³-hybridized carbons (Fsp3) is 0.667. The van der Waals surface area contributed by atoms with E-state index in [1.54, 1.807) is 0 Å². The molecule has 1 aliphatic heterocycles. The number of primary amides is 1. The lowest BCUT2D eigenvalue weighted by Crippen LogP contribution is -2.41. The smallest absolute Gasteiger partial charge is 0.348 e. The molecule has 1 heterocycles. The third kappa shape index (κ3) is 3.06. The number of carbonyl (C=O) groups is 2. The molecule has 1 aliphatic rings. The molecule has 1 fully saturated rings. The highest BCUT2D eigenvalue weighted by molar-refractivity contribution is 7.70. The van der Waals surface area contributed by atoms with Crippen molar-refractivity contribution in [3.63, 3.8) is 0 Å². The Morgan fingerprint density at radius 3 is 2.53 bits per heavy atom. The zero-order chi connectivity index (χ0) is 11.4. The maximum absolute atomic E-state index is 11.3. The number of nitrogens with zero attached hydrogens (tertiary/aromatic N) is 1. The molecule has 0 bridgehead atoms. The van der Waals surface area contributed by atoms with Crippen LogP contribution in [0, 0.1) is 0 Å². The largest absolute Gasteiger partial charge is 0.362 e. The second-order valence-corrected chi connectivity index (χ2v) is 3.75. The number of hydrogen-bond acceptors (Lipinski definition) is 6. The summed E-state index contributed by atoms with van der Waals surface area (Å²) in [6.07, 6.45) is 1.33. The standard InChI is InChI=1S/C6H11N3O5S/c7-6(11)9(15(12)13)14-5(10)4-2-1-3-8-4/h4,8,15H,1-3H2,(H2,7,11)/t4-/m0/s1. The Balaban J connectivity index is 2.58. The average molecular weight is 237 g/mol. The number of hydroxylamine groups is 1. The van der Waals surface area contributed by atoms with Crippen molar-refractivity contribution in [1.29, 1.82) is 0 Å². The Kier molecular flexibility index (Phi) is 3.86. The third-order valence-electron chi connectivity index (χ3n) is 1.86. The Hall–Kier alpha value is -1.35. The minimum absolute atomic E-state index is 0.155. The lowest BCUT2D eigenvalue weighted by molar-refractivity contribution is -0.163. The maximum atomic E-state index is 11.3. The van der Waals surface area contributed by atoms with Crippen LogP contribution in [0.15, 0.2) is 0 Å². The monoisotopic (exact) mass is 237 g/mol. The van der Waals surface area contributed by atoms with Gasteiger partial charge >= 0.3 is 12.0 Å². The number of nitrogens with two attached hydrogens (primary N) is 1. The van der Waals surface area contributed by atoms with Gasteiger partial charge in [0, 0.05) is 0 Å². The molecular formula is C6H11N3O5S. The molecule has 0 spiro atoms. The zero-order valence-electron chi connectivity index (χ0n) is 7.71. The Bertz CT molecular complexity index is 328. The number of amides is 2. The first-order valence-electron chi connectivity index (χ1n) is 4.21. The van der Waals surface area contributed by atoms with E-state index in [2.05, 4.69) is 10.2 Å². The van der Waals surface area contributed by atoms with Gasteiger partial charge in [-0.15, -0.1) is 0 Å². The fourth-order valence-corrected chi connectivity index (χ4v) is 1.50. The Labute approximate surface area is 87.4 Å². The molecule has 15 heavy (non-hydrogen) atoms. The second-order valence-electron chi connectivity index (χ2n) is 2.91. The summed E-state index contributed by atoms with van der Waals surface area (Å²) in [7, 11) is -3.36. The van der Waals surface area contributed by atoms with Gasteiger partial charge in [0.15, 0.2) is 0 Å². The van der Waals surface area contributed by atoms with E-state index in [9.17, 15) is 18.0 Å². The van der Waals surface area contributed by atoms with Crippen LogP contribution in [0.2, 0.25) is 0 Å². The summed E-state index contributed by atoms with van der Waals surface area (Å²) in [5.74, 6) is -0.828. The van der Waals surface area contributed by atoms with Crippen molar-refractivity contribution in [3.8, 4) is 0 Å². The molecule has 0 aromatic rings. The first-order valence-corrected chi connectivity index (χ1v) is 5.34. The van der Waals surface area contributed by atoms with Crippen molar-refractivity contribution in [2.75, 3.05) is 6.54 Å². The molecule has 0 radical (unpaired) electrons. The molecule has 8 nitrogen and oxygen atoms in total. The van der Waals surface area contributed by atoms with E-state index in [-0.39, 0.29) is 4.47 Å². The van der Waals surface area contributed by atoms with Crippen LogP contribution in [-0.4, -0.2) is 37.5 Å². The highest BCUT2D eigenvalue weighted by atomic mass is 32.2. The van der Waals surface area contributed by atoms with E-state index in [4.69, 9.17) is 5.73 Å². The van der Waals surface area contributed by atoms with Gasteiger partial charge in [0.25, 0.3) is 10.9 Å². The number of carbonyl (C=O) groups excluding carboxylic acids is 2. The van der Waals surface area contributed by atoms with Crippen LogP contribution in [0.3, 0.4) is 0 Å². The number of hydrogen-bond donors (Lipinski definition) is 3. The predicted octanol–water partition coefficient (Wildman–Crippen LogP) is -1.90. The molecule has 2 amide bonds. The molecule has 0 unspecified atom stereocenters. The van der Waals surface area contributed by atoms with E-state index in [1.807, 2.05) is 0 Å². The number of urea groups is 1. The first kappa shape index (κ1) is 11.7. The molecule has 0 aromatic heterocycles. The van der Waals surface area contributed by atoms with E-state index in [0.717, 1.165) is 6.42 Å². The minimum Gasteiger partial charge on any atom is -0.348 e. The Morgan fingerprint density at radius 1 is 1.47 bits per heavy atom. The van der Waals surface area contributed by atoms with Crippen LogP contribution in [0.1, 0.15) is 12.8 Å². The van der Waals surface area contributed by atoms with E-state index < -0.39 is 28.9 Å². The van der Waals surface area contributed by atoms with Crippen molar-refractivity contribution in [3.05, 3.63) is 0 Å². The fourth-order valence-electron chi connectivity index (χ4n) is 1.19. The van der Waals surface area contributed by atoms with E-state index in [0.29, 0.717) is 13.0 Å². The minimum atomic E-state index is -3.36. The summed E-state index contributed by atoms with van der Waals surface area (Å²) in [5, 5.41) is 2.79. The predicted molar refractivity (Wildman–Crippen MR) is 48.9 cm³/mol. The SMILES string of the molecule is NC(=O)N(OC(=O)[C@@H]1CCCN1)[SH](=O)=O. The van der Waals surface area contributed by atoms with Crippen LogP contribution in [-0.2, 0) is 20.5 Å². The summed E-state index contributed by atoms with van der Waals surface area (Å²) in [4.78, 5) is 26.1. The lowest BCUT2D eigenvalue weighted by atomic mass is 10.2. The molecule has 0 aliphatic carbocycles. The molecule has 1 atom stereocenters. The van der Waals surface area contributed by atoms with E-state index in [1.165, 1.54) is 0 Å². The second kappa shape index (κ2) is 4.94. The van der Waals surface area contributed by atoms with Crippen LogP contribution >= 0.6 is 0 Å². The van der Waals surface area contributed by atoms with E-state index >= 15 is 0 Å². The summed E-state index contributed by atoms with van der Waals surface area (Å²) in [6.45, 7) is 0.653. The maximum Gasteiger partial charge on any atom is 0.362 e. The zero-order valence-corrected chi connectivity index (χ0v) is 8.61. The van der Waals surface area contributed by atoms with Gasteiger partial charge in [-0.1, -0.05) is 0 Å². The quantitative estimate of drug-likeness (QED) is 0.381. The molecule has 1 rings (SSSR count). The summed E-state index contributed by atoms with van der Waals surface area (Å²) in [6, 6.07) is -1.93. The molecule has 1 saturated heterocycles. The molecule has 3 N–H and O–H groups in total. The Morgan fingerprint density at radius 2 is 2.13 bits per heavy atom. The van der Waals surface area contributed by atoms with Crippen LogP contribution in [0.25, 0.3) is 0 Å². The summed E-state index contributed by atoms with van der Waals surface area (Å²) >= 11 is 0. The van der Waals surface area contributed by atoms with Gasteiger partial charge < -0.3 is 15.9 Å². The first-order chi connectivity index (χ1) is 7.02. The number of rotatable bonds is 2. The van der Waals surface area contributed by atoms with Gasteiger partial charge in [-0.2, -0.15) is 0 Å². The highest BCUT2D eigenvalue weighted by Gasteiger charge is 2.28. The van der Waals surface area contributed by atoms with Crippen LogP contribution in [0.4, 0.5) is 4.79 Å². The van der Waals surface area contributed by atoms with Crippen molar-refractivity contribution < 1.29 is 22.8 Å². The normalized spacial score (nSPS) is 20.2. The highest BCUT2D eigenvalue weighted by Crippen LogP contribution is 2.07. The number of thiol groups is 1. The van der Waals surface area contributed by atoms with Crippen molar-refractivity contribution in [2.24, 2.45) is 5.73 Å². The molecular weight excluding hydrogens is 226 g/mol. The van der Waals surface area contributed by atoms with Gasteiger partial charge in [-0.05, 0) is 23.9 Å². The van der Waals surface area contributed by atoms with Crippen LogP contribution < -0.4 is 11.1 Å². The van der Waals surface area contributed by atoms with Crippen molar-refractivity contribution >= 4 is 22.9 Å². The lowest BCUT2D eigenvalue weighted by Gasteiger charge is -2.14. The average Bonchev–Trinajstić information content (AvgIpc) is 2.65. The van der Waals surface area contributed by atoms with Crippen molar-refractivity contribution in [1.82, 2.24) is 9.79 Å². The van der Waals surface area contributed by atoms with Gasteiger partial charge in [-0.3, -0.25) is 0 Å². The van der Waals surface area contributed by atoms with Gasteiger partial charge in [0.1, 0.15) is 6.04 Å². The molecule has 9 heteroatoms. The molecule has 86 valence electrons. The molecule has 0 saturated carbocycles. The molecule has 0 aromatic carbocycles. The van der Waals surface area contributed by atoms with Gasteiger partial charge in [0.05, 0.1) is 0 Å². The van der Waals surface area contributed by atoms with Crippen molar-refractivity contribution in [2.45, 2.75) is 18.9 Å². The van der Waals surface area contributed by atoms with Gasteiger partial charge in [-0.25, -0.2) is 18.0 Å². The summed E-state index contributed by atoms with van der Waals surface area (Å²) in [5.41, 5.74) is 4.69.